The molecule has 2 aromatic carbocycles. The molecule has 0 radical (unpaired) electrons. The van der Waals surface area contributed by atoms with E-state index in [1.54, 1.807) is 30.3 Å². The normalized spacial score (nSPS) is 19.4. The number of cyclic esters (lactones) is 1. The van der Waals surface area contributed by atoms with Gasteiger partial charge >= 0.3 is 11.9 Å². The highest BCUT2D eigenvalue weighted by Crippen LogP contribution is 2.40. The van der Waals surface area contributed by atoms with Gasteiger partial charge in [0.15, 0.2) is 0 Å². The van der Waals surface area contributed by atoms with Gasteiger partial charge in [-0.15, -0.1) is 0 Å². The molecule has 1 aliphatic heterocycles. The Labute approximate surface area is 154 Å². The Morgan fingerprint density at radius 1 is 1.16 bits per heavy atom. The highest BCUT2D eigenvalue weighted by Gasteiger charge is 2.43. The van der Waals surface area contributed by atoms with E-state index in [9.17, 15) is 9.59 Å². The Bertz CT molecular complexity index is 821. The van der Waals surface area contributed by atoms with E-state index in [4.69, 9.17) is 37.4 Å². The van der Waals surface area contributed by atoms with Gasteiger partial charge < -0.3 is 14.2 Å². The first kappa shape index (κ1) is 17.6. The fourth-order valence-electron chi connectivity index (χ4n) is 2.69. The first-order valence-corrected chi connectivity index (χ1v) is 8.24. The number of hydrogen-bond acceptors (Lipinski definition) is 5. The molecule has 2 atom stereocenters. The van der Waals surface area contributed by atoms with Crippen LogP contribution in [0.5, 0.6) is 11.5 Å². The van der Waals surface area contributed by atoms with Crippen molar-refractivity contribution in [3.05, 3.63) is 58.1 Å². The molecule has 0 aromatic heterocycles. The van der Waals surface area contributed by atoms with Gasteiger partial charge in [-0.05, 0) is 24.3 Å². The maximum absolute atomic E-state index is 12.6. The second-order valence-corrected chi connectivity index (χ2v) is 6.30. The summed E-state index contributed by atoms with van der Waals surface area (Å²) in [6.07, 6.45) is -0.852. The minimum Gasteiger partial charge on any atom is -0.496 e. The van der Waals surface area contributed by atoms with E-state index in [2.05, 4.69) is 0 Å². The van der Waals surface area contributed by atoms with E-state index in [-0.39, 0.29) is 17.2 Å². The number of carbonyl (C=O) groups is 2. The quantitative estimate of drug-likeness (QED) is 0.587. The molecule has 0 saturated carbocycles. The molecule has 3 rings (SSSR count). The van der Waals surface area contributed by atoms with Crippen molar-refractivity contribution in [1.29, 1.82) is 0 Å². The van der Waals surface area contributed by atoms with Crippen LogP contribution in [0.25, 0.3) is 0 Å². The van der Waals surface area contributed by atoms with Gasteiger partial charge in [-0.2, -0.15) is 0 Å². The smallest absolute Gasteiger partial charge is 0.319 e. The molecule has 0 amide bonds. The molecular formula is C18H14Cl2O5. The van der Waals surface area contributed by atoms with Crippen molar-refractivity contribution in [1.82, 2.24) is 0 Å². The topological polar surface area (TPSA) is 61.8 Å². The van der Waals surface area contributed by atoms with Gasteiger partial charge in [-0.3, -0.25) is 9.59 Å². The summed E-state index contributed by atoms with van der Waals surface area (Å²) < 4.78 is 16.0. The van der Waals surface area contributed by atoms with Gasteiger partial charge in [0.25, 0.3) is 0 Å². The molecule has 0 aliphatic carbocycles. The summed E-state index contributed by atoms with van der Waals surface area (Å²) in [7, 11) is 1.51. The zero-order valence-corrected chi connectivity index (χ0v) is 14.7. The minimum absolute atomic E-state index is 0.0766. The molecule has 1 fully saturated rings. The second-order valence-electron chi connectivity index (χ2n) is 5.46. The first-order chi connectivity index (χ1) is 12.0. The molecule has 0 spiro atoms. The first-order valence-electron chi connectivity index (χ1n) is 7.48. The number of benzene rings is 2. The van der Waals surface area contributed by atoms with E-state index in [1.165, 1.54) is 19.2 Å². The van der Waals surface area contributed by atoms with Crippen LogP contribution >= 0.6 is 23.2 Å². The highest BCUT2D eigenvalue weighted by molar-refractivity contribution is 6.35. The van der Waals surface area contributed by atoms with E-state index in [1.807, 2.05) is 0 Å². The molecule has 0 unspecified atom stereocenters. The fourth-order valence-corrected chi connectivity index (χ4v) is 3.14. The number of para-hydroxylation sites is 1. The lowest BCUT2D eigenvalue weighted by atomic mass is 9.94. The Morgan fingerprint density at radius 3 is 2.64 bits per heavy atom. The average molecular weight is 381 g/mol. The number of ether oxygens (including phenoxy) is 3. The van der Waals surface area contributed by atoms with E-state index in [0.717, 1.165) is 0 Å². The Hall–Kier alpha value is -2.24. The SMILES string of the molecule is COc1ccccc1[C@@H]1OC(=O)C[C@@H]1C(=O)Oc1ccc(Cl)cc1Cl. The standard InChI is InChI=1S/C18H14Cl2O5/c1-23-14-5-3-2-4-11(14)17-12(9-16(21)25-17)18(22)24-15-7-6-10(19)8-13(15)20/h2-8,12,17H,9H2,1H3/t12-,17-/m0/s1. The lowest BCUT2D eigenvalue weighted by Crippen LogP contribution is -2.23. The summed E-state index contributed by atoms with van der Waals surface area (Å²) in [5.41, 5.74) is 0.611. The van der Waals surface area contributed by atoms with Crippen LogP contribution in [0.2, 0.25) is 10.0 Å². The average Bonchev–Trinajstić information content (AvgIpc) is 2.99. The van der Waals surface area contributed by atoms with Crippen LogP contribution in [0.1, 0.15) is 18.1 Å². The molecule has 7 heteroatoms. The lowest BCUT2D eigenvalue weighted by Gasteiger charge is -2.19. The number of carbonyl (C=O) groups excluding carboxylic acids is 2. The predicted octanol–water partition coefficient (Wildman–Crippen LogP) is 4.21. The van der Waals surface area contributed by atoms with Gasteiger partial charge in [0.1, 0.15) is 23.5 Å². The van der Waals surface area contributed by atoms with Crippen molar-refractivity contribution < 1.29 is 23.8 Å². The molecule has 1 saturated heterocycles. The summed E-state index contributed by atoms with van der Waals surface area (Å²) >= 11 is 11.9. The van der Waals surface area contributed by atoms with Crippen LogP contribution in [0.4, 0.5) is 0 Å². The summed E-state index contributed by atoms with van der Waals surface area (Å²) in [6, 6.07) is 11.6. The maximum atomic E-state index is 12.6. The second kappa shape index (κ2) is 7.33. The minimum atomic E-state index is -0.796. The van der Waals surface area contributed by atoms with Crippen LogP contribution in [-0.4, -0.2) is 19.0 Å². The van der Waals surface area contributed by atoms with Gasteiger partial charge in [-0.1, -0.05) is 41.4 Å². The molecule has 2 aromatic rings. The van der Waals surface area contributed by atoms with Crippen molar-refractivity contribution >= 4 is 35.1 Å². The van der Waals surface area contributed by atoms with Crippen molar-refractivity contribution in [3.8, 4) is 11.5 Å². The van der Waals surface area contributed by atoms with Crippen LogP contribution in [-0.2, 0) is 14.3 Å². The van der Waals surface area contributed by atoms with Gasteiger partial charge in [0.05, 0.1) is 18.6 Å². The lowest BCUT2D eigenvalue weighted by molar-refractivity contribution is -0.143. The van der Waals surface area contributed by atoms with Crippen LogP contribution in [0.15, 0.2) is 42.5 Å². The van der Waals surface area contributed by atoms with Crippen LogP contribution in [0.3, 0.4) is 0 Å². The monoisotopic (exact) mass is 380 g/mol. The molecule has 130 valence electrons. The number of methoxy groups -OCH3 is 1. The number of halogens is 2. The summed E-state index contributed by atoms with van der Waals surface area (Å²) in [5.74, 6) is -1.17. The zero-order chi connectivity index (χ0) is 18.0. The molecule has 5 nitrogen and oxygen atoms in total. The molecule has 25 heavy (non-hydrogen) atoms. The predicted molar refractivity (Wildman–Crippen MR) is 92.0 cm³/mol. The third-order valence-corrected chi connectivity index (χ3v) is 4.39. The van der Waals surface area contributed by atoms with Gasteiger partial charge in [0.2, 0.25) is 0 Å². The summed E-state index contributed by atoms with van der Waals surface area (Å²) in [6.45, 7) is 0. The summed E-state index contributed by atoms with van der Waals surface area (Å²) in [5, 5.41) is 0.635. The van der Waals surface area contributed by atoms with Crippen molar-refractivity contribution in [2.75, 3.05) is 7.11 Å². The molecule has 1 heterocycles. The number of hydrogen-bond donors (Lipinski definition) is 0. The van der Waals surface area contributed by atoms with Crippen molar-refractivity contribution in [3.63, 3.8) is 0 Å². The van der Waals surface area contributed by atoms with Gasteiger partial charge in [-0.25, -0.2) is 0 Å². The van der Waals surface area contributed by atoms with Crippen LogP contribution in [0, 0.1) is 5.92 Å². The molecular weight excluding hydrogens is 367 g/mol. The number of esters is 2. The molecule has 0 N–H and O–H groups in total. The van der Waals surface area contributed by atoms with Gasteiger partial charge in [0, 0.05) is 10.6 Å². The van der Waals surface area contributed by atoms with Crippen molar-refractivity contribution in [2.24, 2.45) is 5.92 Å². The maximum Gasteiger partial charge on any atom is 0.319 e. The fraction of sp³-hybridized carbons (Fsp3) is 0.222. The van der Waals surface area contributed by atoms with Crippen molar-refractivity contribution in [2.45, 2.75) is 12.5 Å². The third-order valence-electron chi connectivity index (χ3n) is 3.86. The molecule has 1 aliphatic rings. The van der Waals surface area contributed by atoms with E-state index < -0.39 is 24.0 Å². The van der Waals surface area contributed by atoms with E-state index >= 15 is 0 Å². The molecule has 0 bridgehead atoms. The Morgan fingerprint density at radius 2 is 1.92 bits per heavy atom. The Kier molecular flexibility index (Phi) is 5.16. The largest absolute Gasteiger partial charge is 0.496 e. The highest BCUT2D eigenvalue weighted by atomic mass is 35.5. The third kappa shape index (κ3) is 3.72. The Balaban J connectivity index is 1.86. The zero-order valence-electron chi connectivity index (χ0n) is 13.2. The summed E-state index contributed by atoms with van der Waals surface area (Å²) in [4.78, 5) is 24.4. The number of rotatable bonds is 4. The van der Waals surface area contributed by atoms with Crippen LogP contribution < -0.4 is 9.47 Å². The van der Waals surface area contributed by atoms with E-state index in [0.29, 0.717) is 16.3 Å².